The molecule has 0 bridgehead atoms. The zero-order valence-electron chi connectivity index (χ0n) is 12.1. The Balaban J connectivity index is 3.16. The van der Waals surface area contributed by atoms with Gasteiger partial charge in [-0.3, -0.25) is 4.79 Å². The SMILES string of the molecule is CCCC(=O)C(C#N)c1ccc(OC)c(C(C)C)c1. The molecule has 1 atom stereocenters. The maximum Gasteiger partial charge on any atom is 0.154 e. The number of methoxy groups -OCH3 is 1. The van der Waals surface area contributed by atoms with Crippen molar-refractivity contribution in [3.63, 3.8) is 0 Å². The number of Topliss-reactive ketones (excluding diaryl/α,β-unsaturated/α-hetero) is 1. The van der Waals surface area contributed by atoms with Crippen LogP contribution in [0, 0.1) is 11.3 Å². The Labute approximate surface area is 115 Å². The molecule has 0 spiro atoms. The summed E-state index contributed by atoms with van der Waals surface area (Å²) in [5.74, 6) is 0.419. The number of rotatable bonds is 6. The van der Waals surface area contributed by atoms with Gasteiger partial charge in [-0.1, -0.05) is 32.9 Å². The maximum absolute atomic E-state index is 12.0. The minimum atomic E-state index is -0.664. The van der Waals surface area contributed by atoms with Crippen LogP contribution in [-0.2, 0) is 4.79 Å². The quantitative estimate of drug-likeness (QED) is 0.780. The molecule has 3 heteroatoms. The monoisotopic (exact) mass is 259 g/mol. The number of ether oxygens (including phenoxy) is 1. The third kappa shape index (κ3) is 3.57. The Morgan fingerprint density at radius 2 is 2.11 bits per heavy atom. The van der Waals surface area contributed by atoms with Crippen LogP contribution in [0.25, 0.3) is 0 Å². The summed E-state index contributed by atoms with van der Waals surface area (Å²) >= 11 is 0. The van der Waals surface area contributed by atoms with E-state index in [0.29, 0.717) is 6.42 Å². The molecular formula is C16H21NO2. The second-order valence-electron chi connectivity index (χ2n) is 4.93. The lowest BCUT2D eigenvalue weighted by Crippen LogP contribution is -2.11. The summed E-state index contributed by atoms with van der Waals surface area (Å²) in [7, 11) is 1.63. The standard InChI is InChI=1S/C16H21NO2/c1-5-6-15(18)14(10-17)12-7-8-16(19-4)13(9-12)11(2)3/h7-9,11,14H,5-6H2,1-4H3. The van der Waals surface area contributed by atoms with Crippen LogP contribution in [-0.4, -0.2) is 12.9 Å². The van der Waals surface area contributed by atoms with Gasteiger partial charge in [-0.05, 0) is 29.5 Å². The fraction of sp³-hybridized carbons (Fsp3) is 0.500. The van der Waals surface area contributed by atoms with Crippen molar-refractivity contribution in [1.82, 2.24) is 0 Å². The number of nitriles is 1. The summed E-state index contributed by atoms with van der Waals surface area (Å²) in [5, 5.41) is 9.23. The van der Waals surface area contributed by atoms with E-state index in [9.17, 15) is 10.1 Å². The minimum absolute atomic E-state index is 0.00938. The Morgan fingerprint density at radius 3 is 2.58 bits per heavy atom. The molecule has 0 amide bonds. The molecule has 0 saturated carbocycles. The predicted molar refractivity (Wildman–Crippen MR) is 75.4 cm³/mol. The second kappa shape index (κ2) is 6.94. The van der Waals surface area contributed by atoms with E-state index in [1.165, 1.54) is 0 Å². The molecule has 0 aliphatic rings. The summed E-state index contributed by atoms with van der Waals surface area (Å²) in [6.07, 6.45) is 1.21. The molecule has 0 aliphatic heterocycles. The van der Waals surface area contributed by atoms with E-state index in [2.05, 4.69) is 19.9 Å². The van der Waals surface area contributed by atoms with E-state index in [1.807, 2.05) is 25.1 Å². The van der Waals surface area contributed by atoms with E-state index in [1.54, 1.807) is 7.11 Å². The van der Waals surface area contributed by atoms with Crippen LogP contribution in [0.3, 0.4) is 0 Å². The van der Waals surface area contributed by atoms with Crippen molar-refractivity contribution in [2.45, 2.75) is 45.4 Å². The van der Waals surface area contributed by atoms with Gasteiger partial charge in [-0.25, -0.2) is 0 Å². The molecule has 1 rings (SSSR count). The highest BCUT2D eigenvalue weighted by Gasteiger charge is 2.21. The number of ketones is 1. The van der Waals surface area contributed by atoms with Gasteiger partial charge in [0.15, 0.2) is 5.78 Å². The van der Waals surface area contributed by atoms with Crippen LogP contribution >= 0.6 is 0 Å². The molecule has 102 valence electrons. The molecule has 0 saturated heterocycles. The summed E-state index contributed by atoms with van der Waals surface area (Å²) in [6.45, 7) is 6.08. The summed E-state index contributed by atoms with van der Waals surface area (Å²) in [5.41, 5.74) is 1.80. The van der Waals surface area contributed by atoms with Crippen LogP contribution in [0.2, 0.25) is 0 Å². The van der Waals surface area contributed by atoms with Crippen molar-refractivity contribution in [2.75, 3.05) is 7.11 Å². The first-order valence-corrected chi connectivity index (χ1v) is 6.65. The molecular weight excluding hydrogens is 238 g/mol. The van der Waals surface area contributed by atoms with E-state index in [4.69, 9.17) is 4.74 Å². The first-order chi connectivity index (χ1) is 9.04. The number of carbonyl (C=O) groups is 1. The van der Waals surface area contributed by atoms with E-state index in [0.717, 1.165) is 23.3 Å². The van der Waals surface area contributed by atoms with Gasteiger partial charge in [-0.2, -0.15) is 5.26 Å². The highest BCUT2D eigenvalue weighted by Crippen LogP contribution is 2.30. The molecule has 0 radical (unpaired) electrons. The number of hydrogen-bond acceptors (Lipinski definition) is 3. The van der Waals surface area contributed by atoms with Crippen molar-refractivity contribution in [3.05, 3.63) is 29.3 Å². The van der Waals surface area contributed by atoms with Gasteiger partial charge in [0.25, 0.3) is 0 Å². The maximum atomic E-state index is 12.0. The van der Waals surface area contributed by atoms with Gasteiger partial charge in [0, 0.05) is 6.42 Å². The molecule has 1 unspecified atom stereocenters. The van der Waals surface area contributed by atoms with Crippen molar-refractivity contribution >= 4 is 5.78 Å². The van der Waals surface area contributed by atoms with Gasteiger partial charge in [0.05, 0.1) is 13.2 Å². The smallest absolute Gasteiger partial charge is 0.154 e. The Morgan fingerprint density at radius 1 is 1.42 bits per heavy atom. The molecule has 0 N–H and O–H groups in total. The number of carbonyl (C=O) groups excluding carboxylic acids is 1. The van der Waals surface area contributed by atoms with Crippen molar-refractivity contribution < 1.29 is 9.53 Å². The molecule has 19 heavy (non-hydrogen) atoms. The number of benzene rings is 1. The minimum Gasteiger partial charge on any atom is -0.496 e. The highest BCUT2D eigenvalue weighted by molar-refractivity contribution is 5.88. The van der Waals surface area contributed by atoms with E-state index >= 15 is 0 Å². The molecule has 3 nitrogen and oxygen atoms in total. The normalized spacial score (nSPS) is 12.0. The van der Waals surface area contributed by atoms with E-state index in [-0.39, 0.29) is 11.7 Å². The second-order valence-corrected chi connectivity index (χ2v) is 4.93. The third-order valence-corrected chi connectivity index (χ3v) is 3.16. The molecule has 0 fully saturated rings. The number of hydrogen-bond donors (Lipinski definition) is 0. The number of nitrogens with zero attached hydrogens (tertiary/aromatic N) is 1. The fourth-order valence-corrected chi connectivity index (χ4v) is 2.11. The Hall–Kier alpha value is -1.82. The predicted octanol–water partition coefficient (Wildman–Crippen LogP) is 3.79. The Kier molecular flexibility index (Phi) is 5.57. The highest BCUT2D eigenvalue weighted by atomic mass is 16.5. The molecule has 1 aromatic carbocycles. The van der Waals surface area contributed by atoms with Gasteiger partial charge in [-0.15, -0.1) is 0 Å². The Bertz CT molecular complexity index is 486. The molecule has 0 aliphatic carbocycles. The summed E-state index contributed by atoms with van der Waals surface area (Å²) < 4.78 is 5.32. The summed E-state index contributed by atoms with van der Waals surface area (Å²) in [4.78, 5) is 12.0. The lowest BCUT2D eigenvalue weighted by atomic mass is 9.90. The average Bonchev–Trinajstić information content (AvgIpc) is 2.39. The van der Waals surface area contributed by atoms with Crippen LogP contribution < -0.4 is 4.74 Å². The zero-order valence-corrected chi connectivity index (χ0v) is 12.1. The zero-order chi connectivity index (χ0) is 14.4. The van der Waals surface area contributed by atoms with Crippen LogP contribution in [0.5, 0.6) is 5.75 Å². The molecule has 0 aromatic heterocycles. The molecule has 0 heterocycles. The molecule has 1 aromatic rings. The third-order valence-electron chi connectivity index (χ3n) is 3.16. The van der Waals surface area contributed by atoms with Gasteiger partial charge >= 0.3 is 0 Å². The first-order valence-electron chi connectivity index (χ1n) is 6.65. The average molecular weight is 259 g/mol. The van der Waals surface area contributed by atoms with Crippen molar-refractivity contribution in [2.24, 2.45) is 0 Å². The lowest BCUT2D eigenvalue weighted by molar-refractivity contribution is -0.119. The van der Waals surface area contributed by atoms with Gasteiger partial charge in [0.2, 0.25) is 0 Å². The topological polar surface area (TPSA) is 50.1 Å². The van der Waals surface area contributed by atoms with Crippen molar-refractivity contribution in [3.8, 4) is 11.8 Å². The largest absolute Gasteiger partial charge is 0.496 e. The van der Waals surface area contributed by atoms with Gasteiger partial charge < -0.3 is 4.74 Å². The lowest BCUT2D eigenvalue weighted by Gasteiger charge is -2.15. The van der Waals surface area contributed by atoms with Crippen LogP contribution in [0.4, 0.5) is 0 Å². The fourth-order valence-electron chi connectivity index (χ4n) is 2.11. The van der Waals surface area contributed by atoms with Crippen LogP contribution in [0.1, 0.15) is 56.6 Å². The van der Waals surface area contributed by atoms with Crippen molar-refractivity contribution in [1.29, 1.82) is 5.26 Å². The first kappa shape index (κ1) is 15.2. The van der Waals surface area contributed by atoms with E-state index < -0.39 is 5.92 Å². The summed E-state index contributed by atoms with van der Waals surface area (Å²) in [6, 6.07) is 7.69. The van der Waals surface area contributed by atoms with Crippen LogP contribution in [0.15, 0.2) is 18.2 Å². The van der Waals surface area contributed by atoms with Gasteiger partial charge in [0.1, 0.15) is 11.7 Å².